The molecule has 4 rings (SSSR count). The molecule has 0 saturated carbocycles. The van der Waals surface area contributed by atoms with Crippen molar-refractivity contribution in [2.75, 3.05) is 45.3 Å². The van der Waals surface area contributed by atoms with Crippen molar-refractivity contribution in [2.45, 2.75) is 18.9 Å². The fourth-order valence-corrected chi connectivity index (χ4v) is 4.33. The molecule has 0 N–H and O–H groups in total. The first kappa shape index (κ1) is 21.1. The molecule has 1 aromatic carbocycles. The van der Waals surface area contributed by atoms with Crippen LogP contribution in [0.4, 0.5) is 5.69 Å². The molecule has 164 valence electrons. The Morgan fingerprint density at radius 3 is 2.74 bits per heavy atom. The van der Waals surface area contributed by atoms with Gasteiger partial charge in [-0.1, -0.05) is 6.07 Å². The number of fused-ring (bicyclic) bond motifs is 1. The highest BCUT2D eigenvalue weighted by Crippen LogP contribution is 2.36. The van der Waals surface area contributed by atoms with E-state index in [0.717, 1.165) is 60.6 Å². The summed E-state index contributed by atoms with van der Waals surface area (Å²) in [6.45, 7) is 3.35. The van der Waals surface area contributed by atoms with Crippen LogP contribution in [0.15, 0.2) is 42.7 Å². The van der Waals surface area contributed by atoms with Crippen LogP contribution < -0.4 is 9.64 Å². The van der Waals surface area contributed by atoms with Crippen molar-refractivity contribution in [3.8, 4) is 5.75 Å². The Balaban J connectivity index is 1.60. The number of benzene rings is 1. The first-order valence-corrected chi connectivity index (χ1v) is 10.6. The summed E-state index contributed by atoms with van der Waals surface area (Å²) in [5, 5.41) is 5.67. The van der Waals surface area contributed by atoms with Crippen LogP contribution in [0, 0.1) is 0 Å². The normalized spacial score (nSPS) is 16.2. The van der Waals surface area contributed by atoms with E-state index in [1.807, 2.05) is 43.7 Å². The van der Waals surface area contributed by atoms with Gasteiger partial charge in [-0.15, -0.1) is 0 Å². The van der Waals surface area contributed by atoms with E-state index in [0.29, 0.717) is 0 Å². The molecule has 31 heavy (non-hydrogen) atoms. The minimum Gasteiger partial charge on any atom is -0.494 e. The van der Waals surface area contributed by atoms with Crippen molar-refractivity contribution in [2.24, 2.45) is 7.05 Å². The van der Waals surface area contributed by atoms with E-state index in [1.165, 1.54) is 7.11 Å². The summed E-state index contributed by atoms with van der Waals surface area (Å²) in [4.78, 5) is 21.5. The molecule has 2 aromatic heterocycles. The highest BCUT2D eigenvalue weighted by atomic mass is 16.5. The van der Waals surface area contributed by atoms with Crippen molar-refractivity contribution in [1.29, 1.82) is 0 Å². The number of rotatable bonds is 6. The summed E-state index contributed by atoms with van der Waals surface area (Å²) >= 11 is 0. The Labute approximate surface area is 182 Å². The first-order valence-electron chi connectivity index (χ1n) is 10.6. The molecule has 1 fully saturated rings. The van der Waals surface area contributed by atoms with E-state index in [1.54, 1.807) is 11.8 Å². The minimum atomic E-state index is -0.225. The maximum absolute atomic E-state index is 12.1. The van der Waals surface area contributed by atoms with E-state index >= 15 is 0 Å². The van der Waals surface area contributed by atoms with Crippen LogP contribution in [0.1, 0.15) is 24.6 Å². The Morgan fingerprint density at radius 1 is 1.13 bits per heavy atom. The number of carbonyl (C=O) groups excluding carboxylic acids is 1. The third-order valence-electron chi connectivity index (χ3n) is 5.88. The number of methoxy groups -OCH3 is 2. The molecule has 0 radical (unpaired) electrons. The molecule has 1 unspecified atom stereocenters. The second-order valence-corrected chi connectivity index (χ2v) is 7.78. The second kappa shape index (κ2) is 9.34. The molecular formula is C23H29N5O3. The molecule has 3 heterocycles. The van der Waals surface area contributed by atoms with Gasteiger partial charge in [0.05, 0.1) is 37.9 Å². The zero-order chi connectivity index (χ0) is 21.8. The lowest BCUT2D eigenvalue weighted by Crippen LogP contribution is -2.35. The number of hydrogen-bond acceptors (Lipinski definition) is 7. The lowest BCUT2D eigenvalue weighted by atomic mass is 10.1. The molecule has 8 nitrogen and oxygen atoms in total. The van der Waals surface area contributed by atoms with Gasteiger partial charge in [0.1, 0.15) is 11.4 Å². The number of esters is 1. The molecule has 8 heteroatoms. The largest absolute Gasteiger partial charge is 0.494 e. The van der Waals surface area contributed by atoms with Gasteiger partial charge in [0.25, 0.3) is 0 Å². The summed E-state index contributed by atoms with van der Waals surface area (Å²) in [5.74, 6) is 0.604. The number of ether oxygens (including phenoxy) is 2. The third kappa shape index (κ3) is 4.49. The van der Waals surface area contributed by atoms with Gasteiger partial charge in [-0.05, 0) is 30.7 Å². The van der Waals surface area contributed by atoms with Crippen LogP contribution in [-0.4, -0.2) is 66.0 Å². The topological polar surface area (TPSA) is 72.7 Å². The highest BCUT2D eigenvalue weighted by molar-refractivity contribution is 5.94. The second-order valence-electron chi connectivity index (χ2n) is 7.78. The Kier molecular flexibility index (Phi) is 6.36. The van der Waals surface area contributed by atoms with Crippen molar-refractivity contribution in [3.05, 3.63) is 48.4 Å². The lowest BCUT2D eigenvalue weighted by molar-refractivity contribution is -0.142. The van der Waals surface area contributed by atoms with Crippen molar-refractivity contribution < 1.29 is 14.3 Å². The van der Waals surface area contributed by atoms with Crippen LogP contribution in [0.2, 0.25) is 0 Å². The van der Waals surface area contributed by atoms with Crippen molar-refractivity contribution in [3.63, 3.8) is 0 Å². The summed E-state index contributed by atoms with van der Waals surface area (Å²) in [6.07, 6.45) is 4.97. The fraction of sp³-hybridized carbons (Fsp3) is 0.435. The summed E-state index contributed by atoms with van der Waals surface area (Å²) < 4.78 is 12.4. The zero-order valence-corrected chi connectivity index (χ0v) is 18.3. The summed E-state index contributed by atoms with van der Waals surface area (Å²) in [5.41, 5.74) is 2.88. The highest BCUT2D eigenvalue weighted by Gasteiger charge is 2.29. The number of hydrogen-bond donors (Lipinski definition) is 0. The Morgan fingerprint density at radius 2 is 2.00 bits per heavy atom. The van der Waals surface area contributed by atoms with Gasteiger partial charge in [0.15, 0.2) is 0 Å². The van der Waals surface area contributed by atoms with Crippen molar-refractivity contribution >= 4 is 22.6 Å². The first-order chi connectivity index (χ1) is 15.1. The number of pyridine rings is 1. The zero-order valence-electron chi connectivity index (χ0n) is 18.3. The van der Waals surface area contributed by atoms with Gasteiger partial charge >= 0.3 is 5.97 Å². The predicted molar refractivity (Wildman–Crippen MR) is 119 cm³/mol. The van der Waals surface area contributed by atoms with Crippen LogP contribution >= 0.6 is 0 Å². The average molecular weight is 424 g/mol. The van der Waals surface area contributed by atoms with Crippen molar-refractivity contribution in [1.82, 2.24) is 19.7 Å². The Bertz CT molecular complexity index is 1050. The van der Waals surface area contributed by atoms with Gasteiger partial charge in [-0.25, -0.2) is 0 Å². The van der Waals surface area contributed by atoms with Gasteiger partial charge < -0.3 is 14.4 Å². The summed E-state index contributed by atoms with van der Waals surface area (Å²) in [7, 11) is 5.02. The van der Waals surface area contributed by atoms with Gasteiger partial charge in [-0.2, -0.15) is 5.10 Å². The van der Waals surface area contributed by atoms with Gasteiger partial charge in [0.2, 0.25) is 0 Å². The molecule has 0 amide bonds. The van der Waals surface area contributed by atoms with E-state index in [9.17, 15) is 4.79 Å². The standard InChI is InChI=1S/C23H29N5O3/c1-26-13-9-18(25-26)19(16-21(29)31-3)27-11-5-12-28(15-14-27)23-20(30-2)8-7-17-6-4-10-24-22(17)23/h4,6-10,13,19H,5,11-12,14-16H2,1-3H3. The van der Waals surface area contributed by atoms with Gasteiger partial charge in [0, 0.05) is 51.0 Å². The molecule has 1 aliphatic heterocycles. The van der Waals surface area contributed by atoms with Crippen LogP contribution in [-0.2, 0) is 16.6 Å². The van der Waals surface area contributed by atoms with E-state index in [4.69, 9.17) is 9.47 Å². The number of nitrogens with zero attached hydrogens (tertiary/aromatic N) is 5. The maximum Gasteiger partial charge on any atom is 0.307 e. The lowest BCUT2D eigenvalue weighted by Gasteiger charge is -2.29. The van der Waals surface area contributed by atoms with E-state index in [2.05, 4.69) is 25.9 Å². The third-order valence-corrected chi connectivity index (χ3v) is 5.88. The molecule has 0 spiro atoms. The number of anilines is 1. The van der Waals surface area contributed by atoms with E-state index in [-0.39, 0.29) is 18.4 Å². The van der Waals surface area contributed by atoms with Crippen LogP contribution in [0.25, 0.3) is 10.9 Å². The predicted octanol–water partition coefficient (Wildman–Crippen LogP) is 2.79. The molecule has 1 atom stereocenters. The maximum atomic E-state index is 12.1. The number of aryl methyl sites for hydroxylation is 1. The monoisotopic (exact) mass is 423 g/mol. The van der Waals surface area contributed by atoms with Gasteiger partial charge in [-0.3, -0.25) is 19.4 Å². The smallest absolute Gasteiger partial charge is 0.307 e. The van der Waals surface area contributed by atoms with Crippen LogP contribution in [0.5, 0.6) is 5.75 Å². The SMILES string of the molecule is COC(=O)CC(c1ccn(C)n1)N1CCCN(c2c(OC)ccc3cccnc23)CC1. The molecule has 0 bridgehead atoms. The average Bonchev–Trinajstić information content (AvgIpc) is 3.08. The fourth-order valence-electron chi connectivity index (χ4n) is 4.33. The van der Waals surface area contributed by atoms with Crippen LogP contribution in [0.3, 0.4) is 0 Å². The molecule has 1 aliphatic rings. The summed E-state index contributed by atoms with van der Waals surface area (Å²) in [6, 6.07) is 9.95. The quantitative estimate of drug-likeness (QED) is 0.565. The molecule has 3 aromatic rings. The molecule has 0 aliphatic carbocycles. The molecule has 1 saturated heterocycles. The Hall–Kier alpha value is -3.13. The minimum absolute atomic E-state index is 0.110. The number of aromatic nitrogens is 3. The molecular weight excluding hydrogens is 394 g/mol. The van der Waals surface area contributed by atoms with E-state index < -0.39 is 0 Å². The number of carbonyl (C=O) groups is 1.